The quantitative estimate of drug-likeness (QED) is 0.714. The summed E-state index contributed by atoms with van der Waals surface area (Å²) in [6, 6.07) is 11.9. The number of piperidine rings is 1. The van der Waals surface area contributed by atoms with Crippen LogP contribution in [0.5, 0.6) is 5.75 Å². The summed E-state index contributed by atoms with van der Waals surface area (Å²) in [5.41, 5.74) is 1.32. The van der Waals surface area contributed by atoms with E-state index >= 15 is 0 Å². The minimum Gasteiger partial charge on any atom is -0.405 e. The number of urea groups is 1. The first kappa shape index (κ1) is 21.0. The molecule has 1 heterocycles. The van der Waals surface area contributed by atoms with E-state index < -0.39 is 6.36 Å². The van der Waals surface area contributed by atoms with Gasteiger partial charge in [-0.05, 0) is 48.9 Å². The van der Waals surface area contributed by atoms with Gasteiger partial charge in [0.15, 0.2) is 0 Å². The van der Waals surface area contributed by atoms with Crippen LogP contribution in [0.3, 0.4) is 0 Å². The highest BCUT2D eigenvalue weighted by Gasteiger charge is 2.32. The van der Waals surface area contributed by atoms with Crippen molar-refractivity contribution in [3.8, 4) is 5.75 Å². The lowest BCUT2D eigenvalue weighted by Gasteiger charge is -2.32. The van der Waals surface area contributed by atoms with Gasteiger partial charge >= 0.3 is 12.4 Å². The Morgan fingerprint density at radius 2 is 1.72 bits per heavy atom. The zero-order valence-corrected chi connectivity index (χ0v) is 15.7. The SMILES string of the molecule is O=C(NCc1ccccc1OC(F)(F)F)N1CCC(Cc2ccc(F)cc2)CC1. The normalized spacial score (nSPS) is 15.2. The zero-order chi connectivity index (χ0) is 20.9. The molecule has 1 N–H and O–H groups in total. The Bertz CT molecular complexity index is 816. The smallest absolute Gasteiger partial charge is 0.405 e. The molecule has 156 valence electrons. The third kappa shape index (κ3) is 6.37. The highest BCUT2D eigenvalue weighted by Crippen LogP contribution is 2.26. The van der Waals surface area contributed by atoms with Gasteiger partial charge in [0.2, 0.25) is 0 Å². The monoisotopic (exact) mass is 410 g/mol. The highest BCUT2D eigenvalue weighted by molar-refractivity contribution is 5.74. The number of para-hydroxylation sites is 1. The number of benzene rings is 2. The molecule has 0 radical (unpaired) electrons. The highest BCUT2D eigenvalue weighted by atomic mass is 19.4. The zero-order valence-electron chi connectivity index (χ0n) is 15.7. The fourth-order valence-electron chi connectivity index (χ4n) is 3.45. The van der Waals surface area contributed by atoms with Gasteiger partial charge in [0, 0.05) is 25.2 Å². The molecule has 0 aliphatic carbocycles. The Balaban J connectivity index is 1.47. The van der Waals surface area contributed by atoms with Gasteiger partial charge in [-0.1, -0.05) is 30.3 Å². The summed E-state index contributed by atoms with van der Waals surface area (Å²) in [6.07, 6.45) is -2.32. The third-order valence-electron chi connectivity index (χ3n) is 4.97. The Morgan fingerprint density at radius 1 is 1.07 bits per heavy atom. The Morgan fingerprint density at radius 3 is 2.38 bits per heavy atom. The fraction of sp³-hybridized carbons (Fsp3) is 0.381. The first-order valence-corrected chi connectivity index (χ1v) is 9.41. The molecular weight excluding hydrogens is 388 g/mol. The maximum Gasteiger partial charge on any atom is 0.573 e. The molecule has 0 aromatic heterocycles. The van der Waals surface area contributed by atoms with E-state index in [0.29, 0.717) is 19.0 Å². The topological polar surface area (TPSA) is 41.6 Å². The van der Waals surface area contributed by atoms with Crippen LogP contribution in [0.15, 0.2) is 48.5 Å². The van der Waals surface area contributed by atoms with Crippen molar-refractivity contribution in [1.29, 1.82) is 0 Å². The summed E-state index contributed by atoms with van der Waals surface area (Å²) >= 11 is 0. The van der Waals surface area contributed by atoms with E-state index in [4.69, 9.17) is 0 Å². The average Bonchev–Trinajstić information content (AvgIpc) is 2.68. The van der Waals surface area contributed by atoms with Crippen molar-refractivity contribution in [3.63, 3.8) is 0 Å². The summed E-state index contributed by atoms with van der Waals surface area (Å²) in [5, 5.41) is 2.66. The molecule has 0 spiro atoms. The summed E-state index contributed by atoms with van der Waals surface area (Å²) in [7, 11) is 0. The third-order valence-corrected chi connectivity index (χ3v) is 4.97. The molecule has 1 saturated heterocycles. The molecule has 0 atom stereocenters. The summed E-state index contributed by atoms with van der Waals surface area (Å²) in [5.74, 6) is -0.175. The number of carbonyl (C=O) groups is 1. The molecule has 0 unspecified atom stereocenters. The van der Waals surface area contributed by atoms with Crippen LogP contribution in [0, 0.1) is 11.7 Å². The number of rotatable bonds is 5. The molecule has 1 aliphatic rings. The second-order valence-corrected chi connectivity index (χ2v) is 7.08. The fourth-order valence-corrected chi connectivity index (χ4v) is 3.45. The number of hydrogen-bond donors (Lipinski definition) is 1. The van der Waals surface area contributed by atoms with Gasteiger partial charge in [-0.15, -0.1) is 13.2 Å². The number of likely N-dealkylation sites (tertiary alicyclic amines) is 1. The standard InChI is InChI=1S/C21H22F4N2O2/c22-18-7-5-15(6-8-18)13-16-9-11-27(12-10-16)20(28)26-14-17-3-1-2-4-19(17)29-21(23,24)25/h1-8,16H,9-14H2,(H,26,28). The Hall–Kier alpha value is -2.77. The van der Waals surface area contributed by atoms with Gasteiger partial charge in [0.25, 0.3) is 0 Å². The first-order valence-electron chi connectivity index (χ1n) is 9.41. The van der Waals surface area contributed by atoms with Crippen LogP contribution in [0.4, 0.5) is 22.4 Å². The molecular formula is C21H22F4N2O2. The molecule has 0 bridgehead atoms. The lowest BCUT2D eigenvalue weighted by Crippen LogP contribution is -2.44. The van der Waals surface area contributed by atoms with Crippen LogP contribution < -0.4 is 10.1 Å². The van der Waals surface area contributed by atoms with E-state index in [-0.39, 0.29) is 29.7 Å². The Labute approximate surface area is 166 Å². The molecule has 4 nitrogen and oxygen atoms in total. The van der Waals surface area contributed by atoms with Gasteiger partial charge in [-0.3, -0.25) is 0 Å². The largest absolute Gasteiger partial charge is 0.573 e. The van der Waals surface area contributed by atoms with Gasteiger partial charge in [0.1, 0.15) is 11.6 Å². The van der Waals surface area contributed by atoms with Crippen LogP contribution in [0.25, 0.3) is 0 Å². The maximum atomic E-state index is 13.0. The molecule has 29 heavy (non-hydrogen) atoms. The van der Waals surface area contributed by atoms with Crippen LogP contribution in [-0.4, -0.2) is 30.4 Å². The average molecular weight is 410 g/mol. The van der Waals surface area contributed by atoms with Crippen LogP contribution in [-0.2, 0) is 13.0 Å². The first-order chi connectivity index (χ1) is 13.8. The summed E-state index contributed by atoms with van der Waals surface area (Å²) in [4.78, 5) is 14.0. The van der Waals surface area contributed by atoms with E-state index in [2.05, 4.69) is 10.1 Å². The van der Waals surface area contributed by atoms with Crippen LogP contribution >= 0.6 is 0 Å². The molecule has 2 aromatic rings. The molecule has 1 aliphatic heterocycles. The summed E-state index contributed by atoms with van der Waals surface area (Å²) < 4.78 is 54.5. The van der Waals surface area contributed by atoms with E-state index in [0.717, 1.165) is 24.8 Å². The van der Waals surface area contributed by atoms with Gasteiger partial charge in [0.05, 0.1) is 0 Å². The minimum absolute atomic E-state index is 0.0550. The minimum atomic E-state index is -4.79. The van der Waals surface area contributed by atoms with Crippen molar-refractivity contribution < 1.29 is 27.1 Å². The van der Waals surface area contributed by atoms with Gasteiger partial charge < -0.3 is 15.0 Å². The lowest BCUT2D eigenvalue weighted by molar-refractivity contribution is -0.274. The number of ether oxygens (including phenoxy) is 1. The van der Waals surface area contributed by atoms with Crippen LogP contribution in [0.2, 0.25) is 0 Å². The molecule has 3 rings (SSSR count). The van der Waals surface area contributed by atoms with Crippen molar-refractivity contribution in [1.82, 2.24) is 10.2 Å². The number of nitrogens with zero attached hydrogens (tertiary/aromatic N) is 1. The number of halogens is 4. The molecule has 0 saturated carbocycles. The van der Waals surface area contributed by atoms with E-state index in [1.165, 1.54) is 30.3 Å². The van der Waals surface area contributed by atoms with Crippen LogP contribution in [0.1, 0.15) is 24.0 Å². The maximum absolute atomic E-state index is 13.0. The second kappa shape index (κ2) is 9.15. The van der Waals surface area contributed by atoms with Crippen molar-refractivity contribution in [2.75, 3.05) is 13.1 Å². The molecule has 2 aromatic carbocycles. The second-order valence-electron chi connectivity index (χ2n) is 7.08. The molecule has 8 heteroatoms. The van der Waals surface area contributed by atoms with Gasteiger partial charge in [-0.2, -0.15) is 0 Å². The van der Waals surface area contributed by atoms with Crippen molar-refractivity contribution >= 4 is 6.03 Å². The predicted octanol–water partition coefficient (Wildman–Crippen LogP) is 4.89. The van der Waals surface area contributed by atoms with E-state index in [9.17, 15) is 22.4 Å². The molecule has 1 fully saturated rings. The molecule has 2 amide bonds. The lowest BCUT2D eigenvalue weighted by atomic mass is 9.90. The number of hydrogen-bond acceptors (Lipinski definition) is 2. The number of carbonyl (C=O) groups excluding carboxylic acids is 1. The van der Waals surface area contributed by atoms with E-state index in [1.54, 1.807) is 23.1 Å². The van der Waals surface area contributed by atoms with Crippen molar-refractivity contribution in [3.05, 3.63) is 65.5 Å². The summed E-state index contributed by atoms with van der Waals surface area (Å²) in [6.45, 7) is 1.08. The van der Waals surface area contributed by atoms with Crippen molar-refractivity contribution in [2.24, 2.45) is 5.92 Å². The number of alkyl halides is 3. The number of amides is 2. The number of nitrogens with one attached hydrogen (secondary N) is 1. The van der Waals surface area contributed by atoms with Gasteiger partial charge in [-0.25, -0.2) is 9.18 Å². The van der Waals surface area contributed by atoms with E-state index in [1.807, 2.05) is 0 Å². The van der Waals surface area contributed by atoms with Crippen molar-refractivity contribution in [2.45, 2.75) is 32.2 Å². The predicted molar refractivity (Wildman–Crippen MR) is 99.8 cm³/mol. The Kier molecular flexibility index (Phi) is 6.61.